The number of nitrogens with zero attached hydrogens (tertiary/aromatic N) is 1. The van der Waals surface area contributed by atoms with Crippen molar-refractivity contribution < 1.29 is 22.5 Å². The molecule has 0 aromatic heterocycles. The van der Waals surface area contributed by atoms with E-state index in [-0.39, 0.29) is 19.4 Å². The number of amides is 1. The van der Waals surface area contributed by atoms with Crippen LogP contribution in [0.1, 0.15) is 25.7 Å². The van der Waals surface area contributed by atoms with E-state index < -0.39 is 24.6 Å². The van der Waals surface area contributed by atoms with Crippen LogP contribution in [0.15, 0.2) is 12.1 Å². The summed E-state index contributed by atoms with van der Waals surface area (Å²) in [4.78, 5) is 13.3. The number of fused-ring (bicyclic) bond motifs is 1. The zero-order valence-corrected chi connectivity index (χ0v) is 12.1. The summed E-state index contributed by atoms with van der Waals surface area (Å²) in [5, 5.41) is 0. The second-order valence-electron chi connectivity index (χ2n) is 4.28. The van der Waals surface area contributed by atoms with Gasteiger partial charge in [-0.15, -0.1) is 11.6 Å². The molecular weight excluding hydrogens is 278 g/mol. The van der Waals surface area contributed by atoms with Crippen LogP contribution in [-0.4, -0.2) is 43.9 Å². The Bertz CT molecular complexity index is 707. The zero-order chi connectivity index (χ0) is 19.9. The van der Waals surface area contributed by atoms with Crippen LogP contribution in [0.3, 0.4) is 0 Å². The fourth-order valence-electron chi connectivity index (χ4n) is 2.18. The van der Waals surface area contributed by atoms with Gasteiger partial charge in [0, 0.05) is 27.1 Å². The molecule has 1 aliphatic rings. The Hall–Kier alpha value is -1.42. The van der Waals surface area contributed by atoms with Crippen molar-refractivity contribution in [2.75, 3.05) is 33.1 Å². The van der Waals surface area contributed by atoms with Crippen LogP contribution in [0.25, 0.3) is 0 Å². The molecule has 0 radical (unpaired) electrons. The minimum atomic E-state index is -3.12. The maximum Gasteiger partial charge on any atom is 0.227 e. The third kappa shape index (κ3) is 3.18. The first-order chi connectivity index (χ1) is 11.9. The molecule has 1 aliphatic heterocycles. The van der Waals surface area contributed by atoms with E-state index in [0.717, 1.165) is 5.56 Å². The normalized spacial score (nSPS) is 21.4. The maximum atomic E-state index is 12.6. The highest BCUT2D eigenvalue weighted by atomic mass is 35.5. The van der Waals surface area contributed by atoms with Gasteiger partial charge in [0.15, 0.2) is 11.5 Å². The lowest BCUT2D eigenvalue weighted by Crippen LogP contribution is -2.33. The molecule has 1 aromatic rings. The first kappa shape index (κ1) is 8.78. The lowest BCUT2D eigenvalue weighted by atomic mass is 10.0. The van der Waals surface area contributed by atoms with Crippen molar-refractivity contribution in [2.45, 2.75) is 19.2 Å². The van der Waals surface area contributed by atoms with Crippen LogP contribution in [-0.2, 0) is 17.6 Å². The lowest BCUT2D eigenvalue weighted by Gasteiger charge is -2.19. The molecular formula is C15H20ClNO3. The third-order valence-electron chi connectivity index (χ3n) is 3.19. The Balaban J connectivity index is 2.41. The van der Waals surface area contributed by atoms with E-state index in [4.69, 9.17) is 29.3 Å². The number of hydrogen-bond donors (Lipinski definition) is 0. The number of carbonyl (C=O) groups is 1. The van der Waals surface area contributed by atoms with E-state index >= 15 is 0 Å². The van der Waals surface area contributed by atoms with Crippen LogP contribution >= 0.6 is 11.6 Å². The second kappa shape index (κ2) is 6.84. The molecule has 0 spiro atoms. The monoisotopic (exact) mass is 303 g/mol. The molecule has 1 amide bonds. The molecule has 0 aliphatic carbocycles. The third-order valence-corrected chi connectivity index (χ3v) is 3.29. The highest BCUT2D eigenvalue weighted by Gasteiger charge is 2.22. The van der Waals surface area contributed by atoms with Crippen LogP contribution < -0.4 is 9.47 Å². The number of ether oxygens (including phenoxy) is 2. The van der Waals surface area contributed by atoms with Crippen molar-refractivity contribution in [3.05, 3.63) is 23.3 Å². The average Bonchev–Trinajstić information content (AvgIpc) is 2.70. The summed E-state index contributed by atoms with van der Waals surface area (Å²) in [6, 6.07) is 3.34. The zero-order valence-electron chi connectivity index (χ0n) is 17.3. The standard InChI is InChI=1S/C15H20ClNO3/c1-19-13-8-11-4-7-17(6-3-5-16)15(18)10-12(11)9-14(13)20-2/h8-9H,3-7,10H2,1-2H3/i3D2,5D2,6D2. The van der Waals surface area contributed by atoms with Gasteiger partial charge in [0.1, 0.15) is 0 Å². The number of benzene rings is 1. The van der Waals surface area contributed by atoms with Crippen LogP contribution in [0, 0.1) is 0 Å². The summed E-state index contributed by atoms with van der Waals surface area (Å²) in [6.07, 6.45) is -3.04. The highest BCUT2D eigenvalue weighted by molar-refractivity contribution is 6.17. The van der Waals surface area contributed by atoms with E-state index in [1.165, 1.54) is 14.2 Å². The lowest BCUT2D eigenvalue weighted by molar-refractivity contribution is -0.130. The summed E-state index contributed by atoms with van der Waals surface area (Å²) < 4.78 is 57.1. The van der Waals surface area contributed by atoms with Crippen LogP contribution in [0.4, 0.5) is 0 Å². The Morgan fingerprint density at radius 2 is 1.95 bits per heavy atom. The Kier molecular flexibility index (Phi) is 3.00. The molecule has 4 nitrogen and oxygen atoms in total. The van der Waals surface area contributed by atoms with Crippen molar-refractivity contribution >= 4 is 17.5 Å². The van der Waals surface area contributed by atoms with E-state index in [1.54, 1.807) is 12.1 Å². The van der Waals surface area contributed by atoms with Gasteiger partial charge >= 0.3 is 0 Å². The molecule has 0 saturated carbocycles. The summed E-state index contributed by atoms with van der Waals surface area (Å²) >= 11 is 5.43. The van der Waals surface area contributed by atoms with Gasteiger partial charge in [0.25, 0.3) is 0 Å². The number of carbonyl (C=O) groups excluding carboxylic acids is 1. The molecule has 1 aromatic carbocycles. The molecule has 0 saturated heterocycles. The minimum absolute atomic E-state index is 0.124. The van der Waals surface area contributed by atoms with Crippen molar-refractivity contribution in [1.29, 1.82) is 0 Å². The number of rotatable bonds is 5. The molecule has 5 heteroatoms. The van der Waals surface area contributed by atoms with E-state index in [9.17, 15) is 4.79 Å². The molecule has 110 valence electrons. The number of hydrogen-bond acceptors (Lipinski definition) is 3. The molecule has 0 fully saturated rings. The van der Waals surface area contributed by atoms with Gasteiger partial charge in [-0.3, -0.25) is 4.79 Å². The minimum Gasteiger partial charge on any atom is -0.493 e. The van der Waals surface area contributed by atoms with Crippen molar-refractivity contribution in [1.82, 2.24) is 4.90 Å². The molecule has 0 unspecified atom stereocenters. The van der Waals surface area contributed by atoms with Gasteiger partial charge in [-0.25, -0.2) is 0 Å². The predicted octanol–water partition coefficient (Wildman–Crippen LogP) is 2.26. The summed E-state index contributed by atoms with van der Waals surface area (Å²) in [7, 11) is 2.94. The quantitative estimate of drug-likeness (QED) is 0.783. The largest absolute Gasteiger partial charge is 0.493 e. The van der Waals surface area contributed by atoms with Crippen molar-refractivity contribution in [2.24, 2.45) is 0 Å². The fraction of sp³-hybridized carbons (Fsp3) is 0.533. The summed E-state index contributed by atoms with van der Waals surface area (Å²) in [6.45, 7) is -3.06. The first-order valence-corrected chi connectivity index (χ1v) is 6.47. The maximum absolute atomic E-state index is 12.6. The van der Waals surface area contributed by atoms with Gasteiger partial charge in [0.2, 0.25) is 5.91 Å². The van der Waals surface area contributed by atoms with Crippen molar-refractivity contribution in [3.8, 4) is 11.5 Å². The topological polar surface area (TPSA) is 38.8 Å². The van der Waals surface area contributed by atoms with Crippen LogP contribution in [0.5, 0.6) is 11.5 Å². The average molecular weight is 304 g/mol. The van der Waals surface area contributed by atoms with Gasteiger partial charge in [0.05, 0.1) is 20.6 Å². The first-order valence-electron chi connectivity index (χ1n) is 9.10. The van der Waals surface area contributed by atoms with Gasteiger partial charge < -0.3 is 14.4 Å². The molecule has 20 heavy (non-hydrogen) atoms. The SMILES string of the molecule is [2H]C([2H])(Cl)C([2H])([2H])C([2H])([2H])N1CCc2cc(OC)c(OC)cc2CC1=O. The summed E-state index contributed by atoms with van der Waals surface area (Å²) in [5.41, 5.74) is 1.38. The van der Waals surface area contributed by atoms with Crippen molar-refractivity contribution in [3.63, 3.8) is 0 Å². The Morgan fingerprint density at radius 1 is 1.30 bits per heavy atom. The highest BCUT2D eigenvalue weighted by Crippen LogP contribution is 2.32. The van der Waals surface area contributed by atoms with Gasteiger partial charge in [-0.2, -0.15) is 0 Å². The molecule has 0 N–H and O–H groups in total. The smallest absolute Gasteiger partial charge is 0.227 e. The fourth-order valence-corrected chi connectivity index (χ4v) is 2.22. The molecule has 0 atom stereocenters. The molecule has 1 heterocycles. The number of methoxy groups -OCH3 is 2. The predicted molar refractivity (Wildman–Crippen MR) is 78.9 cm³/mol. The second-order valence-corrected chi connectivity index (χ2v) is 4.47. The molecule has 2 rings (SSSR count). The van der Waals surface area contributed by atoms with E-state index in [0.29, 0.717) is 22.0 Å². The van der Waals surface area contributed by atoms with Crippen LogP contribution in [0.2, 0.25) is 0 Å². The van der Waals surface area contributed by atoms with Gasteiger partial charge in [-0.1, -0.05) is 0 Å². The Morgan fingerprint density at radius 3 is 2.55 bits per heavy atom. The molecule has 0 bridgehead atoms. The number of halogens is 1. The Labute approximate surface area is 133 Å². The van der Waals surface area contributed by atoms with E-state index in [1.807, 2.05) is 0 Å². The number of alkyl halides is 1. The van der Waals surface area contributed by atoms with Gasteiger partial charge in [-0.05, 0) is 36.1 Å². The summed E-state index contributed by atoms with van der Waals surface area (Å²) in [5.74, 6) is -2.75. The van der Waals surface area contributed by atoms with E-state index in [2.05, 4.69) is 0 Å².